The van der Waals surface area contributed by atoms with Crippen molar-refractivity contribution >= 4 is 11.6 Å². The maximum Gasteiger partial charge on any atom is 0.137 e. The Morgan fingerprint density at radius 2 is 2.28 bits per heavy atom. The molecular weight excluding hydrogens is 246 g/mol. The van der Waals surface area contributed by atoms with Crippen LogP contribution in [-0.4, -0.2) is 19.7 Å². The zero-order chi connectivity index (χ0) is 13.0. The van der Waals surface area contributed by atoms with Crippen LogP contribution in [0.15, 0.2) is 18.2 Å². The Hall–Kier alpha value is -0.730. The summed E-state index contributed by atoms with van der Waals surface area (Å²) >= 11 is 6.25. The second-order valence-electron chi connectivity index (χ2n) is 5.37. The van der Waals surface area contributed by atoms with E-state index in [-0.39, 0.29) is 0 Å². The number of piperidine rings is 1. The lowest BCUT2D eigenvalue weighted by Gasteiger charge is -2.23. The summed E-state index contributed by atoms with van der Waals surface area (Å²) in [6.07, 6.45) is 2.49. The molecule has 3 heteroatoms. The summed E-state index contributed by atoms with van der Waals surface area (Å²) in [5.74, 6) is 1.92. The third kappa shape index (κ3) is 3.63. The fourth-order valence-electron chi connectivity index (χ4n) is 2.27. The molecule has 1 unspecified atom stereocenters. The van der Waals surface area contributed by atoms with Crippen LogP contribution in [0.4, 0.5) is 0 Å². The van der Waals surface area contributed by atoms with Crippen LogP contribution in [0.3, 0.4) is 0 Å². The third-order valence-electron chi connectivity index (χ3n) is 3.50. The Balaban J connectivity index is 1.92. The van der Waals surface area contributed by atoms with Gasteiger partial charge in [0.15, 0.2) is 0 Å². The topological polar surface area (TPSA) is 21.3 Å². The molecule has 0 aliphatic carbocycles. The highest BCUT2D eigenvalue weighted by molar-refractivity contribution is 6.32. The molecule has 1 saturated heterocycles. The Kier molecular flexibility index (Phi) is 4.90. The quantitative estimate of drug-likeness (QED) is 0.895. The van der Waals surface area contributed by atoms with E-state index in [4.69, 9.17) is 16.3 Å². The van der Waals surface area contributed by atoms with Crippen LogP contribution in [-0.2, 0) is 0 Å². The fraction of sp³-hybridized carbons (Fsp3) is 0.600. The molecule has 0 amide bonds. The van der Waals surface area contributed by atoms with Crippen molar-refractivity contribution in [3.63, 3.8) is 0 Å². The standard InChI is InChI=1S/C15H22ClNO/c1-11(2)13-5-6-15(14(16)8-13)18-10-12-4-3-7-17-9-12/h5-6,8,11-12,17H,3-4,7,9-10H2,1-2H3. The van der Waals surface area contributed by atoms with E-state index >= 15 is 0 Å². The summed E-state index contributed by atoms with van der Waals surface area (Å²) < 4.78 is 5.84. The molecule has 1 aromatic carbocycles. The number of hydrogen-bond donors (Lipinski definition) is 1. The molecule has 1 aliphatic heterocycles. The molecule has 0 radical (unpaired) electrons. The van der Waals surface area contributed by atoms with E-state index in [2.05, 4.69) is 25.2 Å². The molecule has 1 fully saturated rings. The van der Waals surface area contributed by atoms with Gasteiger partial charge in [0.05, 0.1) is 11.6 Å². The molecule has 2 nitrogen and oxygen atoms in total. The number of nitrogens with one attached hydrogen (secondary N) is 1. The van der Waals surface area contributed by atoms with Gasteiger partial charge in [-0.25, -0.2) is 0 Å². The van der Waals surface area contributed by atoms with Crippen molar-refractivity contribution in [2.75, 3.05) is 19.7 Å². The molecule has 1 atom stereocenters. The Labute approximate surface area is 115 Å². The normalized spacial score (nSPS) is 20.1. The minimum atomic E-state index is 0.499. The second-order valence-corrected chi connectivity index (χ2v) is 5.78. The van der Waals surface area contributed by atoms with E-state index in [1.54, 1.807) is 0 Å². The maximum atomic E-state index is 6.25. The molecule has 0 aromatic heterocycles. The zero-order valence-corrected chi connectivity index (χ0v) is 12.0. The van der Waals surface area contributed by atoms with E-state index in [0.29, 0.717) is 11.8 Å². The summed E-state index contributed by atoms with van der Waals surface area (Å²) in [6, 6.07) is 6.11. The monoisotopic (exact) mass is 267 g/mol. The van der Waals surface area contributed by atoms with Gasteiger partial charge >= 0.3 is 0 Å². The summed E-state index contributed by atoms with van der Waals surface area (Å²) in [7, 11) is 0. The smallest absolute Gasteiger partial charge is 0.137 e. The van der Waals surface area contributed by atoms with Crippen LogP contribution in [0, 0.1) is 5.92 Å². The third-order valence-corrected chi connectivity index (χ3v) is 3.79. The first-order valence-electron chi connectivity index (χ1n) is 6.80. The zero-order valence-electron chi connectivity index (χ0n) is 11.2. The van der Waals surface area contributed by atoms with E-state index in [1.807, 2.05) is 12.1 Å². The van der Waals surface area contributed by atoms with Crippen molar-refractivity contribution < 1.29 is 4.74 Å². The summed E-state index contributed by atoms with van der Waals surface area (Å²) in [5.41, 5.74) is 1.26. The van der Waals surface area contributed by atoms with Crippen molar-refractivity contribution in [1.29, 1.82) is 0 Å². The van der Waals surface area contributed by atoms with Gasteiger partial charge in [-0.1, -0.05) is 31.5 Å². The first kappa shape index (κ1) is 13.7. The van der Waals surface area contributed by atoms with Crippen molar-refractivity contribution in [3.8, 4) is 5.75 Å². The minimum absolute atomic E-state index is 0.499. The number of halogens is 1. The van der Waals surface area contributed by atoms with Gasteiger partial charge in [0, 0.05) is 12.5 Å². The molecule has 1 aliphatic rings. The van der Waals surface area contributed by atoms with Crippen LogP contribution in [0.25, 0.3) is 0 Å². The van der Waals surface area contributed by atoms with Gasteiger partial charge in [0.25, 0.3) is 0 Å². The SMILES string of the molecule is CC(C)c1ccc(OCC2CCCNC2)c(Cl)c1. The second kappa shape index (κ2) is 6.44. The Bertz CT molecular complexity index is 386. The Morgan fingerprint density at radius 3 is 2.89 bits per heavy atom. The average Bonchev–Trinajstić information content (AvgIpc) is 2.38. The first-order valence-corrected chi connectivity index (χ1v) is 7.17. The number of benzene rings is 1. The van der Waals surface area contributed by atoms with Crippen LogP contribution >= 0.6 is 11.6 Å². The van der Waals surface area contributed by atoms with E-state index in [0.717, 1.165) is 30.5 Å². The molecule has 1 N–H and O–H groups in total. The number of hydrogen-bond acceptors (Lipinski definition) is 2. The molecule has 1 heterocycles. The maximum absolute atomic E-state index is 6.25. The lowest BCUT2D eigenvalue weighted by molar-refractivity contribution is 0.218. The molecule has 2 rings (SSSR count). The lowest BCUT2D eigenvalue weighted by atomic mass is 10.0. The van der Waals surface area contributed by atoms with Crippen molar-refractivity contribution in [3.05, 3.63) is 28.8 Å². The molecule has 100 valence electrons. The predicted molar refractivity (Wildman–Crippen MR) is 76.6 cm³/mol. The van der Waals surface area contributed by atoms with Gasteiger partial charge in [-0.3, -0.25) is 0 Å². The molecule has 0 bridgehead atoms. The highest BCUT2D eigenvalue weighted by Crippen LogP contribution is 2.29. The average molecular weight is 268 g/mol. The molecule has 1 aromatic rings. The van der Waals surface area contributed by atoms with Crippen LogP contribution < -0.4 is 10.1 Å². The first-order chi connectivity index (χ1) is 8.66. The predicted octanol–water partition coefficient (Wildman–Crippen LogP) is 3.84. The molecule has 0 spiro atoms. The largest absolute Gasteiger partial charge is 0.492 e. The lowest BCUT2D eigenvalue weighted by Crippen LogP contribution is -2.33. The van der Waals surface area contributed by atoms with Gasteiger partial charge in [0.2, 0.25) is 0 Å². The summed E-state index contributed by atoms with van der Waals surface area (Å²) in [6.45, 7) is 7.29. The molecule has 0 saturated carbocycles. The Morgan fingerprint density at radius 1 is 1.44 bits per heavy atom. The fourth-order valence-corrected chi connectivity index (χ4v) is 2.51. The van der Waals surface area contributed by atoms with Crippen molar-refractivity contribution in [2.24, 2.45) is 5.92 Å². The van der Waals surface area contributed by atoms with Crippen LogP contribution in [0.2, 0.25) is 5.02 Å². The van der Waals surface area contributed by atoms with Crippen molar-refractivity contribution in [2.45, 2.75) is 32.6 Å². The minimum Gasteiger partial charge on any atom is -0.492 e. The highest BCUT2D eigenvalue weighted by atomic mass is 35.5. The molecule has 18 heavy (non-hydrogen) atoms. The number of rotatable bonds is 4. The van der Waals surface area contributed by atoms with E-state index < -0.39 is 0 Å². The summed E-state index contributed by atoms with van der Waals surface area (Å²) in [4.78, 5) is 0. The number of ether oxygens (including phenoxy) is 1. The van der Waals surface area contributed by atoms with Gasteiger partial charge < -0.3 is 10.1 Å². The highest BCUT2D eigenvalue weighted by Gasteiger charge is 2.14. The van der Waals surface area contributed by atoms with E-state index in [9.17, 15) is 0 Å². The van der Waals surface area contributed by atoms with Gasteiger partial charge in [0.1, 0.15) is 5.75 Å². The van der Waals surface area contributed by atoms with Gasteiger partial charge in [-0.05, 0) is 43.0 Å². The van der Waals surface area contributed by atoms with Gasteiger partial charge in [-0.15, -0.1) is 0 Å². The van der Waals surface area contributed by atoms with Crippen LogP contribution in [0.5, 0.6) is 5.75 Å². The molecular formula is C15H22ClNO. The summed E-state index contributed by atoms with van der Waals surface area (Å²) in [5, 5.41) is 4.12. The van der Waals surface area contributed by atoms with E-state index in [1.165, 1.54) is 18.4 Å². The van der Waals surface area contributed by atoms with Crippen LogP contribution in [0.1, 0.15) is 38.2 Å². The van der Waals surface area contributed by atoms with Gasteiger partial charge in [-0.2, -0.15) is 0 Å². The van der Waals surface area contributed by atoms with Crippen molar-refractivity contribution in [1.82, 2.24) is 5.32 Å².